The van der Waals surface area contributed by atoms with Gasteiger partial charge in [0.1, 0.15) is 17.1 Å². The molecule has 3 rings (SSSR count). The molecule has 0 aliphatic carbocycles. The smallest absolute Gasteiger partial charge is 0.357 e. The highest BCUT2D eigenvalue weighted by molar-refractivity contribution is 5.97. The quantitative estimate of drug-likeness (QED) is 0.300. The van der Waals surface area contributed by atoms with E-state index >= 15 is 0 Å². The molecule has 0 saturated heterocycles. The molecule has 2 aromatic carbocycles. The Labute approximate surface area is 206 Å². The summed E-state index contributed by atoms with van der Waals surface area (Å²) < 4.78 is 12.5. The van der Waals surface area contributed by atoms with Crippen molar-refractivity contribution in [3.63, 3.8) is 0 Å². The molecule has 7 nitrogen and oxygen atoms in total. The summed E-state index contributed by atoms with van der Waals surface area (Å²) >= 11 is 0. The maximum Gasteiger partial charge on any atom is 0.357 e. The van der Waals surface area contributed by atoms with Crippen molar-refractivity contribution >= 4 is 18.2 Å². The zero-order valence-electron chi connectivity index (χ0n) is 21.0. The Hall–Kier alpha value is -3.74. The molecule has 0 saturated carbocycles. The lowest BCUT2D eigenvalue weighted by molar-refractivity contribution is 0.00701. The highest BCUT2D eigenvalue weighted by Crippen LogP contribution is 2.27. The maximum atomic E-state index is 12.7. The first kappa shape index (κ1) is 25.9. The van der Waals surface area contributed by atoms with Gasteiger partial charge in [0.05, 0.1) is 12.2 Å². The van der Waals surface area contributed by atoms with Gasteiger partial charge in [0.2, 0.25) is 0 Å². The summed E-state index contributed by atoms with van der Waals surface area (Å²) in [7, 11) is 0. The molecule has 3 aromatic rings. The summed E-state index contributed by atoms with van der Waals surface area (Å²) in [4.78, 5) is 41.3. The lowest BCUT2D eigenvalue weighted by Crippen LogP contribution is -2.24. The van der Waals surface area contributed by atoms with Crippen LogP contribution in [0.4, 0.5) is 0 Å². The normalized spacial score (nSPS) is 11.2. The van der Waals surface area contributed by atoms with Gasteiger partial charge in [0.15, 0.2) is 12.0 Å². The third-order valence-electron chi connectivity index (χ3n) is 5.28. The molecule has 184 valence electrons. The summed E-state index contributed by atoms with van der Waals surface area (Å²) in [5.41, 5.74) is 2.73. The Balaban J connectivity index is 1.95. The summed E-state index contributed by atoms with van der Waals surface area (Å²) in [5.74, 6) is -0.273. The number of aldehydes is 1. The van der Waals surface area contributed by atoms with Gasteiger partial charge in [0, 0.05) is 13.0 Å². The van der Waals surface area contributed by atoms with E-state index in [9.17, 15) is 14.4 Å². The van der Waals surface area contributed by atoms with Crippen molar-refractivity contribution in [2.45, 2.75) is 59.6 Å². The minimum absolute atomic E-state index is 0.0924. The van der Waals surface area contributed by atoms with Crippen LogP contribution in [0.2, 0.25) is 0 Å². The number of rotatable bonds is 9. The first-order chi connectivity index (χ1) is 16.7. The SMILES string of the molecule is CCCc1nc(C=O)c(C(=O)OCC)n1Cc1ccc(-c2ccccc2C(=O)OC(C)(C)C)cc1. The molecule has 1 heterocycles. The Bertz CT molecular complexity index is 1200. The van der Waals surface area contributed by atoms with Crippen LogP contribution in [0.1, 0.15) is 83.8 Å². The molecule has 7 heteroatoms. The van der Waals surface area contributed by atoms with Gasteiger partial charge in [-0.25, -0.2) is 14.6 Å². The Morgan fingerprint density at radius 1 is 1.00 bits per heavy atom. The number of ether oxygens (including phenoxy) is 2. The van der Waals surface area contributed by atoms with E-state index in [1.54, 1.807) is 17.6 Å². The van der Waals surface area contributed by atoms with Crippen LogP contribution in [0.25, 0.3) is 11.1 Å². The number of aryl methyl sites for hydroxylation is 1. The fraction of sp³-hybridized carbons (Fsp3) is 0.357. The third kappa shape index (κ3) is 6.23. The van der Waals surface area contributed by atoms with Gasteiger partial charge in [-0.2, -0.15) is 0 Å². The molecular formula is C28H32N2O5. The second-order valence-corrected chi connectivity index (χ2v) is 9.18. The highest BCUT2D eigenvalue weighted by Gasteiger charge is 2.24. The van der Waals surface area contributed by atoms with E-state index in [0.29, 0.717) is 30.6 Å². The zero-order chi connectivity index (χ0) is 25.6. The average molecular weight is 477 g/mol. The second-order valence-electron chi connectivity index (χ2n) is 9.18. The molecule has 35 heavy (non-hydrogen) atoms. The lowest BCUT2D eigenvalue weighted by atomic mass is 9.98. The van der Waals surface area contributed by atoms with Gasteiger partial charge < -0.3 is 14.0 Å². The fourth-order valence-electron chi connectivity index (χ4n) is 3.82. The van der Waals surface area contributed by atoms with Gasteiger partial charge in [0.25, 0.3) is 0 Å². The number of hydrogen-bond acceptors (Lipinski definition) is 6. The highest BCUT2D eigenvalue weighted by atomic mass is 16.6. The number of esters is 2. The third-order valence-corrected chi connectivity index (χ3v) is 5.28. The van der Waals surface area contributed by atoms with Crippen LogP contribution in [0.5, 0.6) is 0 Å². The molecule has 0 bridgehead atoms. The van der Waals surface area contributed by atoms with Crippen molar-refractivity contribution in [3.05, 3.63) is 76.9 Å². The maximum absolute atomic E-state index is 12.7. The van der Waals surface area contributed by atoms with E-state index in [1.807, 2.05) is 70.2 Å². The minimum atomic E-state index is -0.591. The van der Waals surface area contributed by atoms with Gasteiger partial charge in [-0.3, -0.25) is 4.79 Å². The van der Waals surface area contributed by atoms with Crippen molar-refractivity contribution in [2.24, 2.45) is 0 Å². The molecule has 0 spiro atoms. The van der Waals surface area contributed by atoms with E-state index in [2.05, 4.69) is 4.98 Å². The van der Waals surface area contributed by atoms with Crippen molar-refractivity contribution in [1.29, 1.82) is 0 Å². The van der Waals surface area contributed by atoms with E-state index in [-0.39, 0.29) is 24.0 Å². The van der Waals surface area contributed by atoms with Crippen LogP contribution < -0.4 is 0 Å². The molecule has 0 N–H and O–H groups in total. The molecule has 1 aromatic heterocycles. The number of carbonyl (C=O) groups is 3. The molecule has 0 aliphatic rings. The largest absolute Gasteiger partial charge is 0.461 e. The number of nitrogens with zero attached hydrogens (tertiary/aromatic N) is 2. The summed E-state index contributed by atoms with van der Waals surface area (Å²) in [6.45, 7) is 9.82. The van der Waals surface area contributed by atoms with Crippen LogP contribution in [0.15, 0.2) is 48.5 Å². The van der Waals surface area contributed by atoms with E-state index < -0.39 is 11.6 Å². The fourth-order valence-corrected chi connectivity index (χ4v) is 3.82. The zero-order valence-corrected chi connectivity index (χ0v) is 21.0. The summed E-state index contributed by atoms with van der Waals surface area (Å²) in [5, 5.41) is 0. The first-order valence-electron chi connectivity index (χ1n) is 11.8. The van der Waals surface area contributed by atoms with E-state index in [0.717, 1.165) is 23.1 Å². The number of carbonyl (C=O) groups excluding carboxylic acids is 3. The molecule has 0 amide bonds. The predicted molar refractivity (Wildman–Crippen MR) is 134 cm³/mol. The lowest BCUT2D eigenvalue weighted by Gasteiger charge is -2.20. The Morgan fingerprint density at radius 3 is 2.29 bits per heavy atom. The number of hydrogen-bond donors (Lipinski definition) is 0. The average Bonchev–Trinajstić information content (AvgIpc) is 3.16. The van der Waals surface area contributed by atoms with Crippen molar-refractivity contribution < 1.29 is 23.9 Å². The minimum Gasteiger partial charge on any atom is -0.461 e. The van der Waals surface area contributed by atoms with Crippen LogP contribution in [0, 0.1) is 0 Å². The summed E-state index contributed by atoms with van der Waals surface area (Å²) in [6, 6.07) is 15.1. The molecule has 0 radical (unpaired) electrons. The topological polar surface area (TPSA) is 87.5 Å². The van der Waals surface area contributed by atoms with Crippen LogP contribution in [0.3, 0.4) is 0 Å². The Kier molecular flexibility index (Phi) is 8.22. The van der Waals surface area contributed by atoms with Gasteiger partial charge in [-0.05, 0) is 56.9 Å². The van der Waals surface area contributed by atoms with Crippen molar-refractivity contribution in [2.75, 3.05) is 6.61 Å². The second kappa shape index (κ2) is 11.1. The number of aromatic nitrogens is 2. The van der Waals surface area contributed by atoms with E-state index in [1.165, 1.54) is 0 Å². The molecule has 0 atom stereocenters. The molecular weight excluding hydrogens is 444 g/mol. The van der Waals surface area contributed by atoms with Crippen LogP contribution in [-0.2, 0) is 22.4 Å². The standard InChI is InChI=1S/C28H32N2O5/c1-6-10-24-29-23(18-31)25(27(33)34-7-2)30(24)17-19-13-15-20(16-14-19)21-11-8-9-12-22(21)26(32)35-28(3,4)5/h8-9,11-16,18H,6-7,10,17H2,1-5H3. The van der Waals surface area contributed by atoms with Crippen LogP contribution in [-0.4, -0.2) is 40.0 Å². The predicted octanol–water partition coefficient (Wildman–Crippen LogP) is 5.50. The molecule has 0 fully saturated rings. The monoisotopic (exact) mass is 476 g/mol. The van der Waals surface area contributed by atoms with Crippen molar-refractivity contribution in [3.8, 4) is 11.1 Å². The molecule has 0 aliphatic heterocycles. The van der Waals surface area contributed by atoms with Crippen LogP contribution >= 0.6 is 0 Å². The van der Waals surface area contributed by atoms with Gasteiger partial charge in [-0.15, -0.1) is 0 Å². The number of imidazole rings is 1. The van der Waals surface area contributed by atoms with Gasteiger partial charge >= 0.3 is 11.9 Å². The molecule has 0 unspecified atom stereocenters. The van der Waals surface area contributed by atoms with Gasteiger partial charge in [-0.1, -0.05) is 49.4 Å². The number of benzene rings is 2. The Morgan fingerprint density at radius 2 is 1.69 bits per heavy atom. The first-order valence-corrected chi connectivity index (χ1v) is 11.8. The van der Waals surface area contributed by atoms with E-state index in [4.69, 9.17) is 9.47 Å². The summed E-state index contributed by atoms with van der Waals surface area (Å²) in [6.07, 6.45) is 2.04. The van der Waals surface area contributed by atoms with Crippen molar-refractivity contribution in [1.82, 2.24) is 9.55 Å².